The van der Waals surface area contributed by atoms with E-state index in [0.717, 1.165) is 29.6 Å². The fourth-order valence-corrected chi connectivity index (χ4v) is 2.64. The van der Waals surface area contributed by atoms with Crippen LogP contribution in [0.3, 0.4) is 0 Å². The maximum Gasteiger partial charge on any atom is 0.319 e. The second kappa shape index (κ2) is 6.70. The number of aryl methyl sites for hydroxylation is 1. The van der Waals surface area contributed by atoms with Crippen LogP contribution in [0.4, 0.5) is 19.3 Å². The average Bonchev–Trinajstić information content (AvgIpc) is 2.92. The summed E-state index contributed by atoms with van der Waals surface area (Å²) in [6, 6.07) is 10.8. The Labute approximate surface area is 138 Å². The number of halogens is 2. The molecule has 1 heterocycles. The summed E-state index contributed by atoms with van der Waals surface area (Å²) in [7, 11) is 0. The van der Waals surface area contributed by atoms with Crippen molar-refractivity contribution < 1.29 is 13.6 Å². The first-order valence-corrected chi connectivity index (χ1v) is 7.65. The Morgan fingerprint density at radius 2 is 1.79 bits per heavy atom. The molecule has 0 saturated heterocycles. The second-order valence-electron chi connectivity index (χ2n) is 5.35. The van der Waals surface area contributed by atoms with E-state index in [1.807, 2.05) is 42.0 Å². The molecule has 0 bridgehead atoms. The number of rotatable bonds is 4. The van der Waals surface area contributed by atoms with Gasteiger partial charge in [-0.1, -0.05) is 24.3 Å². The lowest BCUT2D eigenvalue weighted by Gasteiger charge is -2.08. The quantitative estimate of drug-likeness (QED) is 0.738. The number of hydrogen-bond donors (Lipinski definition) is 2. The van der Waals surface area contributed by atoms with E-state index < -0.39 is 17.7 Å². The molecule has 1 aromatic heterocycles. The first kappa shape index (κ1) is 16.0. The minimum Gasteiger partial charge on any atom is -0.346 e. The number of carbonyl (C=O) groups is 1. The maximum atomic E-state index is 13.6. The van der Waals surface area contributed by atoms with Crippen LogP contribution in [0.2, 0.25) is 0 Å². The van der Waals surface area contributed by atoms with Crippen LogP contribution in [0.5, 0.6) is 0 Å². The zero-order valence-electron chi connectivity index (χ0n) is 13.1. The Hall–Kier alpha value is -2.89. The van der Waals surface area contributed by atoms with Gasteiger partial charge in [0.1, 0.15) is 11.6 Å². The monoisotopic (exact) mass is 329 g/mol. The van der Waals surface area contributed by atoms with Crippen molar-refractivity contribution in [3.8, 4) is 0 Å². The number of benzene rings is 2. The molecule has 0 aliphatic rings. The van der Waals surface area contributed by atoms with E-state index in [1.54, 1.807) is 0 Å². The van der Waals surface area contributed by atoms with Crippen molar-refractivity contribution in [1.29, 1.82) is 0 Å². The van der Waals surface area contributed by atoms with Crippen LogP contribution >= 0.6 is 0 Å². The van der Waals surface area contributed by atoms with Gasteiger partial charge in [-0.15, -0.1) is 0 Å². The summed E-state index contributed by atoms with van der Waals surface area (Å²) in [5.41, 5.74) is 1.50. The third-order valence-electron chi connectivity index (χ3n) is 3.86. The van der Waals surface area contributed by atoms with Gasteiger partial charge in [0.05, 0.1) is 17.7 Å². The number of amides is 2. The number of urea groups is 1. The Morgan fingerprint density at radius 3 is 2.50 bits per heavy atom. The molecule has 0 radical (unpaired) electrons. The summed E-state index contributed by atoms with van der Waals surface area (Å²) < 4.78 is 29.2. The van der Waals surface area contributed by atoms with Gasteiger partial charge in [0.2, 0.25) is 0 Å². The molecule has 0 aliphatic carbocycles. The van der Waals surface area contributed by atoms with Crippen LogP contribution in [0.15, 0.2) is 48.7 Å². The zero-order chi connectivity index (χ0) is 17.1. The van der Waals surface area contributed by atoms with E-state index >= 15 is 0 Å². The first-order valence-electron chi connectivity index (χ1n) is 7.65. The Kier molecular flexibility index (Phi) is 4.46. The molecule has 3 rings (SSSR count). The van der Waals surface area contributed by atoms with Crippen LogP contribution in [-0.4, -0.2) is 10.6 Å². The van der Waals surface area contributed by atoms with E-state index in [-0.39, 0.29) is 12.1 Å². The molecule has 0 atom stereocenters. The average molecular weight is 329 g/mol. The highest BCUT2D eigenvalue weighted by atomic mass is 19.1. The Bertz CT molecular complexity index is 869. The number of nitrogens with one attached hydrogen (secondary N) is 2. The van der Waals surface area contributed by atoms with Gasteiger partial charge in [-0.2, -0.15) is 0 Å². The molecule has 4 nitrogen and oxygen atoms in total. The topological polar surface area (TPSA) is 46.1 Å². The molecular formula is C18H17F2N3O. The molecule has 2 amide bonds. The molecule has 24 heavy (non-hydrogen) atoms. The number of nitrogens with zero attached hydrogens (tertiary/aromatic N) is 1. The molecule has 3 aromatic rings. The molecule has 0 aliphatic heterocycles. The van der Waals surface area contributed by atoms with Gasteiger partial charge in [0, 0.05) is 23.7 Å². The van der Waals surface area contributed by atoms with Gasteiger partial charge >= 0.3 is 6.03 Å². The third kappa shape index (κ3) is 3.08. The minimum atomic E-state index is -0.683. The van der Waals surface area contributed by atoms with Crippen LogP contribution in [0, 0.1) is 11.6 Å². The van der Waals surface area contributed by atoms with Crippen LogP contribution in [0.1, 0.15) is 12.5 Å². The van der Waals surface area contributed by atoms with Crippen LogP contribution in [-0.2, 0) is 13.1 Å². The summed E-state index contributed by atoms with van der Waals surface area (Å²) in [6.45, 7) is 2.55. The minimum absolute atomic E-state index is 0.163. The molecule has 0 unspecified atom stereocenters. The van der Waals surface area contributed by atoms with Crippen molar-refractivity contribution in [2.24, 2.45) is 0 Å². The summed E-state index contributed by atoms with van der Waals surface area (Å²) in [5, 5.41) is 6.12. The summed E-state index contributed by atoms with van der Waals surface area (Å²) in [5.74, 6) is -1.37. The van der Waals surface area contributed by atoms with Gasteiger partial charge < -0.3 is 15.2 Å². The third-order valence-corrected chi connectivity index (χ3v) is 3.86. The highest BCUT2D eigenvalue weighted by Gasteiger charge is 2.12. The Balaban J connectivity index is 1.74. The normalized spacial score (nSPS) is 10.8. The molecule has 0 fully saturated rings. The fraction of sp³-hybridized carbons (Fsp3) is 0.167. The number of hydrogen-bond acceptors (Lipinski definition) is 1. The highest BCUT2D eigenvalue weighted by Crippen LogP contribution is 2.25. The maximum absolute atomic E-state index is 13.6. The summed E-state index contributed by atoms with van der Waals surface area (Å²) >= 11 is 0. The molecule has 124 valence electrons. The molecule has 0 spiro atoms. The van der Waals surface area contributed by atoms with Crippen LogP contribution in [0.25, 0.3) is 10.9 Å². The lowest BCUT2D eigenvalue weighted by molar-refractivity contribution is 0.251. The number of para-hydroxylation sites is 1. The van der Waals surface area contributed by atoms with E-state index in [2.05, 4.69) is 10.6 Å². The van der Waals surface area contributed by atoms with Crippen molar-refractivity contribution in [3.63, 3.8) is 0 Å². The van der Waals surface area contributed by atoms with Gasteiger partial charge in [-0.05, 0) is 25.1 Å². The van der Waals surface area contributed by atoms with Gasteiger partial charge in [0.15, 0.2) is 0 Å². The zero-order valence-corrected chi connectivity index (χ0v) is 13.1. The van der Waals surface area contributed by atoms with Crippen molar-refractivity contribution in [3.05, 3.63) is 65.9 Å². The van der Waals surface area contributed by atoms with Gasteiger partial charge in [-0.25, -0.2) is 13.6 Å². The van der Waals surface area contributed by atoms with E-state index in [1.165, 1.54) is 6.07 Å². The van der Waals surface area contributed by atoms with E-state index in [4.69, 9.17) is 0 Å². The number of fused-ring (bicyclic) bond motifs is 1. The fourth-order valence-electron chi connectivity index (χ4n) is 2.64. The number of carbonyl (C=O) groups excluding carboxylic acids is 1. The standard InChI is InChI=1S/C18H17F2N3O/c1-2-23-11-16(12-6-3-4-9-17(12)23)22-18(24)21-10-13-14(19)7-5-8-15(13)20/h3-9,11H,2,10H2,1H3,(H2,21,22,24). The van der Waals surface area contributed by atoms with Crippen molar-refractivity contribution in [2.45, 2.75) is 20.0 Å². The smallest absolute Gasteiger partial charge is 0.319 e. The van der Waals surface area contributed by atoms with E-state index in [0.29, 0.717) is 5.69 Å². The van der Waals surface area contributed by atoms with Crippen molar-refractivity contribution in [1.82, 2.24) is 9.88 Å². The largest absolute Gasteiger partial charge is 0.346 e. The van der Waals surface area contributed by atoms with Crippen molar-refractivity contribution in [2.75, 3.05) is 5.32 Å². The molecule has 6 heteroatoms. The molecular weight excluding hydrogens is 312 g/mol. The van der Waals surface area contributed by atoms with Gasteiger partial charge in [0.25, 0.3) is 0 Å². The lowest BCUT2D eigenvalue weighted by Crippen LogP contribution is -2.28. The van der Waals surface area contributed by atoms with E-state index in [9.17, 15) is 13.6 Å². The highest BCUT2D eigenvalue weighted by molar-refractivity contribution is 6.01. The van der Waals surface area contributed by atoms with Crippen molar-refractivity contribution >= 4 is 22.6 Å². The predicted molar refractivity (Wildman–Crippen MR) is 89.8 cm³/mol. The summed E-state index contributed by atoms with van der Waals surface area (Å²) in [4.78, 5) is 12.1. The lowest BCUT2D eigenvalue weighted by atomic mass is 10.2. The van der Waals surface area contributed by atoms with Crippen LogP contribution < -0.4 is 10.6 Å². The second-order valence-corrected chi connectivity index (χ2v) is 5.35. The van der Waals surface area contributed by atoms with Gasteiger partial charge in [-0.3, -0.25) is 0 Å². The first-order chi connectivity index (χ1) is 11.6. The molecule has 2 aromatic carbocycles. The summed E-state index contributed by atoms with van der Waals surface area (Å²) in [6.07, 6.45) is 1.84. The predicted octanol–water partition coefficient (Wildman–Crippen LogP) is 4.26. The molecule has 2 N–H and O–H groups in total. The Morgan fingerprint density at radius 1 is 1.08 bits per heavy atom. The molecule has 0 saturated carbocycles. The number of anilines is 1. The number of aromatic nitrogens is 1. The SMILES string of the molecule is CCn1cc(NC(=O)NCc2c(F)cccc2F)c2ccccc21.